The molecule has 0 aliphatic rings. The van der Waals surface area contributed by atoms with Gasteiger partial charge in [-0.2, -0.15) is 10.4 Å². The first-order valence-corrected chi connectivity index (χ1v) is 6.98. The van der Waals surface area contributed by atoms with Crippen LogP contribution >= 0.6 is 0 Å². The molecule has 0 radical (unpaired) electrons. The predicted molar refractivity (Wildman–Crippen MR) is 86.8 cm³/mol. The van der Waals surface area contributed by atoms with E-state index in [9.17, 15) is 4.79 Å². The molecule has 0 aliphatic carbocycles. The number of amides is 1. The second-order valence-electron chi connectivity index (χ2n) is 4.82. The summed E-state index contributed by atoms with van der Waals surface area (Å²) in [5, 5.41) is 13.9. The summed E-state index contributed by atoms with van der Waals surface area (Å²) >= 11 is 0. The Hall–Kier alpha value is -3.46. The van der Waals surface area contributed by atoms with Crippen LogP contribution < -0.4 is 5.43 Å². The predicted octanol–water partition coefficient (Wildman–Crippen LogP) is 2.32. The minimum absolute atomic E-state index is 0.262. The van der Waals surface area contributed by atoms with Crippen LogP contribution in [0.1, 0.15) is 15.9 Å². The number of fused-ring (bicyclic) bond motifs is 1. The molecular formula is C17H13N5O. The summed E-state index contributed by atoms with van der Waals surface area (Å²) < 4.78 is 1.85. The van der Waals surface area contributed by atoms with Gasteiger partial charge in [0.05, 0.1) is 12.3 Å². The number of para-hydroxylation sites is 1. The highest BCUT2D eigenvalue weighted by atomic mass is 16.2. The van der Waals surface area contributed by atoms with E-state index in [1.807, 2.05) is 35.0 Å². The molecule has 1 aromatic carbocycles. The van der Waals surface area contributed by atoms with E-state index in [4.69, 9.17) is 5.26 Å². The van der Waals surface area contributed by atoms with E-state index in [0.717, 1.165) is 16.5 Å². The molecule has 3 aromatic rings. The van der Waals surface area contributed by atoms with Crippen molar-refractivity contribution < 1.29 is 4.79 Å². The highest BCUT2D eigenvalue weighted by molar-refractivity contribution is 6.00. The summed E-state index contributed by atoms with van der Waals surface area (Å²) in [6.45, 7) is 0.262. The maximum atomic E-state index is 11.9. The Morgan fingerprint density at radius 2 is 2.09 bits per heavy atom. The van der Waals surface area contributed by atoms with Crippen LogP contribution in [0.15, 0.2) is 60.1 Å². The van der Waals surface area contributed by atoms with Gasteiger partial charge in [0.25, 0.3) is 5.91 Å². The van der Waals surface area contributed by atoms with Crippen molar-refractivity contribution in [3.63, 3.8) is 0 Å². The lowest BCUT2D eigenvalue weighted by molar-refractivity contribution is 0.0955. The fraction of sp³-hybridized carbons (Fsp3) is 0.0588. The van der Waals surface area contributed by atoms with Gasteiger partial charge in [0.2, 0.25) is 0 Å². The largest absolute Gasteiger partial charge is 0.333 e. The molecule has 0 fully saturated rings. The van der Waals surface area contributed by atoms with Gasteiger partial charge in [-0.05, 0) is 18.2 Å². The number of carbonyl (C=O) groups is 1. The van der Waals surface area contributed by atoms with E-state index >= 15 is 0 Å². The zero-order valence-electron chi connectivity index (χ0n) is 12.2. The Labute approximate surface area is 132 Å². The topological polar surface area (TPSA) is 83.1 Å². The van der Waals surface area contributed by atoms with Crippen LogP contribution in [0.5, 0.6) is 0 Å². The highest BCUT2D eigenvalue weighted by Gasteiger charge is 2.06. The number of carbonyl (C=O) groups excluding carboxylic acids is 1. The van der Waals surface area contributed by atoms with E-state index in [-0.39, 0.29) is 12.5 Å². The molecule has 0 aliphatic heterocycles. The van der Waals surface area contributed by atoms with Crippen LogP contribution in [0.4, 0.5) is 0 Å². The van der Waals surface area contributed by atoms with Gasteiger partial charge >= 0.3 is 0 Å². The first-order valence-electron chi connectivity index (χ1n) is 6.98. The summed E-state index contributed by atoms with van der Waals surface area (Å²) in [5.74, 6) is -0.301. The van der Waals surface area contributed by atoms with Crippen LogP contribution in [0.25, 0.3) is 10.9 Å². The number of rotatable bonds is 4. The second-order valence-corrected chi connectivity index (χ2v) is 4.82. The Balaban J connectivity index is 1.82. The van der Waals surface area contributed by atoms with Crippen molar-refractivity contribution in [2.24, 2.45) is 5.10 Å². The number of hydrogen-bond donors (Lipinski definition) is 1. The fourth-order valence-corrected chi connectivity index (χ4v) is 2.31. The lowest BCUT2D eigenvalue weighted by Gasteiger charge is -1.98. The standard InChI is InChI=1S/C17H13N5O/c18-7-10-22-12-14(15-3-1-2-4-16(15)22)11-20-21-17(23)13-5-8-19-9-6-13/h1-6,8-9,11-12H,10H2,(H,21,23)/b20-11-. The van der Waals surface area contributed by atoms with Gasteiger partial charge in [-0.25, -0.2) is 5.43 Å². The van der Waals surface area contributed by atoms with E-state index < -0.39 is 0 Å². The molecule has 0 atom stereocenters. The number of nitriles is 1. The van der Waals surface area contributed by atoms with E-state index in [2.05, 4.69) is 21.6 Å². The molecule has 0 saturated carbocycles. The summed E-state index contributed by atoms with van der Waals surface area (Å²) in [4.78, 5) is 15.8. The summed E-state index contributed by atoms with van der Waals surface area (Å²) in [5.41, 5.74) is 4.77. The van der Waals surface area contributed by atoms with Crippen LogP contribution in [-0.2, 0) is 6.54 Å². The van der Waals surface area contributed by atoms with Crippen molar-refractivity contribution in [2.45, 2.75) is 6.54 Å². The van der Waals surface area contributed by atoms with E-state index in [1.165, 1.54) is 0 Å². The molecule has 0 bridgehead atoms. The Bertz CT molecular complexity index is 906. The molecular weight excluding hydrogens is 290 g/mol. The summed E-state index contributed by atoms with van der Waals surface area (Å²) in [7, 11) is 0. The molecule has 6 heteroatoms. The van der Waals surface area contributed by atoms with E-state index in [1.54, 1.807) is 30.7 Å². The maximum Gasteiger partial charge on any atom is 0.271 e. The van der Waals surface area contributed by atoms with Gasteiger partial charge in [0.1, 0.15) is 6.54 Å². The average Bonchev–Trinajstić information content (AvgIpc) is 2.94. The number of hydrogen-bond acceptors (Lipinski definition) is 4. The second kappa shape index (κ2) is 6.54. The van der Waals surface area contributed by atoms with Crippen molar-refractivity contribution in [3.8, 4) is 6.07 Å². The maximum absolute atomic E-state index is 11.9. The highest BCUT2D eigenvalue weighted by Crippen LogP contribution is 2.19. The van der Waals surface area contributed by atoms with Gasteiger partial charge in [0, 0.05) is 40.6 Å². The van der Waals surface area contributed by atoms with Crippen molar-refractivity contribution in [1.29, 1.82) is 5.26 Å². The van der Waals surface area contributed by atoms with Crippen LogP contribution in [0, 0.1) is 11.3 Å². The third kappa shape index (κ3) is 3.09. The molecule has 1 N–H and O–H groups in total. The Morgan fingerprint density at radius 1 is 1.30 bits per heavy atom. The van der Waals surface area contributed by atoms with Gasteiger partial charge in [0.15, 0.2) is 0 Å². The van der Waals surface area contributed by atoms with Crippen molar-refractivity contribution >= 4 is 23.0 Å². The SMILES string of the molecule is N#CCn1cc(/C=N\NC(=O)c2ccncc2)c2ccccc21. The lowest BCUT2D eigenvalue weighted by atomic mass is 10.2. The van der Waals surface area contributed by atoms with Crippen molar-refractivity contribution in [1.82, 2.24) is 15.0 Å². The van der Waals surface area contributed by atoms with Gasteiger partial charge in [-0.1, -0.05) is 18.2 Å². The summed E-state index contributed by atoms with van der Waals surface area (Å²) in [6, 6.07) is 13.1. The van der Waals surface area contributed by atoms with Gasteiger partial charge in [-0.3, -0.25) is 9.78 Å². The van der Waals surface area contributed by atoms with Crippen LogP contribution in [-0.4, -0.2) is 21.7 Å². The quantitative estimate of drug-likeness (QED) is 0.593. The van der Waals surface area contributed by atoms with Crippen molar-refractivity contribution in [2.75, 3.05) is 0 Å². The first kappa shape index (κ1) is 14.5. The minimum atomic E-state index is -0.301. The fourth-order valence-electron chi connectivity index (χ4n) is 2.31. The number of benzene rings is 1. The molecule has 0 saturated heterocycles. The first-order chi connectivity index (χ1) is 11.3. The molecule has 3 rings (SSSR count). The zero-order chi connectivity index (χ0) is 16.1. The average molecular weight is 303 g/mol. The molecule has 2 aromatic heterocycles. The van der Waals surface area contributed by atoms with Crippen molar-refractivity contribution in [3.05, 3.63) is 66.1 Å². The molecule has 6 nitrogen and oxygen atoms in total. The Morgan fingerprint density at radius 3 is 2.87 bits per heavy atom. The van der Waals surface area contributed by atoms with E-state index in [0.29, 0.717) is 5.56 Å². The number of hydrazone groups is 1. The van der Waals surface area contributed by atoms with Crippen LogP contribution in [0.3, 0.4) is 0 Å². The number of pyridine rings is 1. The molecule has 0 spiro atoms. The number of nitrogens with one attached hydrogen (secondary N) is 1. The van der Waals surface area contributed by atoms with Gasteiger partial charge in [-0.15, -0.1) is 0 Å². The summed E-state index contributed by atoms with van der Waals surface area (Å²) in [6.07, 6.45) is 6.52. The third-order valence-electron chi connectivity index (χ3n) is 3.37. The minimum Gasteiger partial charge on any atom is -0.333 e. The lowest BCUT2D eigenvalue weighted by Crippen LogP contribution is -2.17. The smallest absolute Gasteiger partial charge is 0.271 e. The third-order valence-corrected chi connectivity index (χ3v) is 3.37. The molecule has 2 heterocycles. The normalized spacial score (nSPS) is 10.7. The molecule has 1 amide bonds. The van der Waals surface area contributed by atoms with Crippen LogP contribution in [0.2, 0.25) is 0 Å². The number of nitrogens with zero attached hydrogens (tertiary/aromatic N) is 4. The molecule has 23 heavy (non-hydrogen) atoms. The molecule has 112 valence electrons. The molecule has 0 unspecified atom stereocenters. The Kier molecular flexibility index (Phi) is 4.11. The monoisotopic (exact) mass is 303 g/mol. The number of aromatic nitrogens is 2. The van der Waals surface area contributed by atoms with Gasteiger partial charge < -0.3 is 4.57 Å². The zero-order valence-corrected chi connectivity index (χ0v) is 12.2.